The Bertz CT molecular complexity index is 633. The van der Waals surface area contributed by atoms with Gasteiger partial charge in [-0.1, -0.05) is 0 Å². The molecule has 6 nitrogen and oxygen atoms in total. The number of nitrogens with zero attached hydrogens (tertiary/aromatic N) is 4. The number of aryl methyl sites for hydroxylation is 1. The average molecular weight is 259 g/mol. The number of fused-ring (bicyclic) bond motifs is 3. The number of aromatic nitrogens is 3. The maximum Gasteiger partial charge on any atom is 0.317 e. The highest BCUT2D eigenvalue weighted by molar-refractivity contribution is 5.74. The zero-order valence-electron chi connectivity index (χ0n) is 11.2. The van der Waals surface area contributed by atoms with E-state index in [9.17, 15) is 4.79 Å². The van der Waals surface area contributed by atoms with Crippen LogP contribution in [0.25, 0.3) is 5.65 Å². The number of hydrogen-bond donors (Lipinski definition) is 1. The summed E-state index contributed by atoms with van der Waals surface area (Å²) in [6.45, 7) is 5.86. The van der Waals surface area contributed by atoms with Crippen LogP contribution in [-0.2, 0) is 13.0 Å². The minimum Gasteiger partial charge on any atom is -0.338 e. The molecule has 1 aliphatic heterocycles. The lowest BCUT2D eigenvalue weighted by molar-refractivity contribution is 0.192. The molecule has 0 radical (unpaired) electrons. The molecule has 2 aromatic heterocycles. The standard InChI is InChI=1S/C13H17N5O/c1-3-14-13(19)17-5-4-11-10(8-17)7-15-12-6-9(2)16-18(11)12/h6-7H,3-5,8H2,1-2H3,(H,14,19). The highest BCUT2D eigenvalue weighted by Gasteiger charge is 2.22. The van der Waals surface area contributed by atoms with Crippen LogP contribution in [0.5, 0.6) is 0 Å². The van der Waals surface area contributed by atoms with Crippen LogP contribution in [0.15, 0.2) is 12.3 Å². The van der Waals surface area contributed by atoms with Gasteiger partial charge in [0.1, 0.15) is 0 Å². The fourth-order valence-electron chi connectivity index (χ4n) is 2.49. The summed E-state index contributed by atoms with van der Waals surface area (Å²) in [4.78, 5) is 18.1. The van der Waals surface area contributed by atoms with Gasteiger partial charge in [0.15, 0.2) is 5.65 Å². The van der Waals surface area contributed by atoms with Crippen LogP contribution in [-0.4, -0.2) is 38.6 Å². The van der Waals surface area contributed by atoms with Crippen molar-refractivity contribution in [2.75, 3.05) is 13.1 Å². The Balaban J connectivity index is 1.93. The molecule has 0 saturated heterocycles. The molecule has 0 fully saturated rings. The van der Waals surface area contributed by atoms with Gasteiger partial charge in [-0.2, -0.15) is 5.10 Å². The molecular weight excluding hydrogens is 242 g/mol. The van der Waals surface area contributed by atoms with Crippen molar-refractivity contribution in [1.82, 2.24) is 24.8 Å². The van der Waals surface area contributed by atoms with Gasteiger partial charge in [0.05, 0.1) is 17.9 Å². The van der Waals surface area contributed by atoms with Gasteiger partial charge in [0.2, 0.25) is 0 Å². The van der Waals surface area contributed by atoms with Gasteiger partial charge < -0.3 is 10.2 Å². The summed E-state index contributed by atoms with van der Waals surface area (Å²) in [7, 11) is 0. The Morgan fingerprint density at radius 2 is 2.37 bits per heavy atom. The van der Waals surface area contributed by atoms with Gasteiger partial charge >= 0.3 is 6.03 Å². The quantitative estimate of drug-likeness (QED) is 0.835. The Hall–Kier alpha value is -2.11. The van der Waals surface area contributed by atoms with E-state index in [1.54, 1.807) is 0 Å². The van der Waals surface area contributed by atoms with Crippen molar-refractivity contribution in [2.24, 2.45) is 0 Å². The summed E-state index contributed by atoms with van der Waals surface area (Å²) >= 11 is 0. The molecule has 2 amide bonds. The van der Waals surface area contributed by atoms with Gasteiger partial charge in [-0.15, -0.1) is 0 Å². The van der Waals surface area contributed by atoms with Crippen molar-refractivity contribution in [1.29, 1.82) is 0 Å². The molecule has 0 bridgehead atoms. The van der Waals surface area contributed by atoms with E-state index in [0.717, 1.165) is 29.9 Å². The molecule has 0 atom stereocenters. The predicted octanol–water partition coefficient (Wildman–Crippen LogP) is 1.13. The van der Waals surface area contributed by atoms with E-state index in [1.165, 1.54) is 5.69 Å². The second-order valence-electron chi connectivity index (χ2n) is 4.79. The third-order valence-electron chi connectivity index (χ3n) is 3.39. The number of carbonyl (C=O) groups is 1. The van der Waals surface area contributed by atoms with Gasteiger partial charge in [-0.25, -0.2) is 14.3 Å². The van der Waals surface area contributed by atoms with Crippen LogP contribution >= 0.6 is 0 Å². The first kappa shape index (κ1) is 12.0. The largest absolute Gasteiger partial charge is 0.338 e. The molecule has 3 heterocycles. The van der Waals surface area contributed by atoms with E-state index < -0.39 is 0 Å². The smallest absolute Gasteiger partial charge is 0.317 e. The molecule has 0 unspecified atom stereocenters. The van der Waals surface area contributed by atoms with E-state index in [0.29, 0.717) is 13.1 Å². The lowest BCUT2D eigenvalue weighted by Gasteiger charge is -2.28. The Labute approximate surface area is 111 Å². The van der Waals surface area contributed by atoms with E-state index in [-0.39, 0.29) is 6.03 Å². The van der Waals surface area contributed by atoms with Crippen molar-refractivity contribution in [3.63, 3.8) is 0 Å². The monoisotopic (exact) mass is 259 g/mol. The second kappa shape index (κ2) is 4.53. The van der Waals surface area contributed by atoms with Gasteiger partial charge in [-0.3, -0.25) is 0 Å². The second-order valence-corrected chi connectivity index (χ2v) is 4.79. The van der Waals surface area contributed by atoms with Crippen molar-refractivity contribution in [2.45, 2.75) is 26.8 Å². The molecule has 3 rings (SSSR count). The lowest BCUT2D eigenvalue weighted by Crippen LogP contribution is -2.43. The summed E-state index contributed by atoms with van der Waals surface area (Å²) in [5.74, 6) is 0. The predicted molar refractivity (Wildman–Crippen MR) is 70.9 cm³/mol. The minimum absolute atomic E-state index is 0.00936. The first-order chi connectivity index (χ1) is 9.19. The molecule has 0 spiro atoms. The molecule has 6 heteroatoms. The Morgan fingerprint density at radius 3 is 3.16 bits per heavy atom. The maximum atomic E-state index is 11.8. The number of urea groups is 1. The van der Waals surface area contributed by atoms with Crippen molar-refractivity contribution in [3.05, 3.63) is 29.2 Å². The molecule has 0 aliphatic carbocycles. The molecule has 0 aromatic carbocycles. The molecule has 0 saturated carbocycles. The van der Waals surface area contributed by atoms with Crippen LogP contribution < -0.4 is 5.32 Å². The molecule has 1 N–H and O–H groups in total. The molecular formula is C13H17N5O. The number of amides is 2. The van der Waals surface area contributed by atoms with Crippen LogP contribution in [0.2, 0.25) is 0 Å². The number of nitrogens with one attached hydrogen (secondary N) is 1. The first-order valence-electron chi connectivity index (χ1n) is 6.55. The minimum atomic E-state index is -0.00936. The molecule has 2 aromatic rings. The van der Waals surface area contributed by atoms with Crippen LogP contribution in [0.3, 0.4) is 0 Å². The normalized spacial score (nSPS) is 14.5. The fourth-order valence-corrected chi connectivity index (χ4v) is 2.49. The average Bonchev–Trinajstić information content (AvgIpc) is 2.79. The van der Waals surface area contributed by atoms with Crippen LogP contribution in [0.4, 0.5) is 4.79 Å². The lowest BCUT2D eigenvalue weighted by atomic mass is 10.1. The third-order valence-corrected chi connectivity index (χ3v) is 3.39. The SMILES string of the molecule is CCNC(=O)N1CCc2c(cnc3cc(C)nn23)C1. The molecule has 19 heavy (non-hydrogen) atoms. The summed E-state index contributed by atoms with van der Waals surface area (Å²) < 4.78 is 1.90. The molecule has 1 aliphatic rings. The van der Waals surface area contributed by atoms with Crippen molar-refractivity contribution >= 4 is 11.7 Å². The van der Waals surface area contributed by atoms with Gasteiger partial charge in [0.25, 0.3) is 0 Å². The van der Waals surface area contributed by atoms with Crippen LogP contribution in [0.1, 0.15) is 23.9 Å². The highest BCUT2D eigenvalue weighted by atomic mass is 16.2. The number of hydrogen-bond acceptors (Lipinski definition) is 3. The zero-order valence-corrected chi connectivity index (χ0v) is 11.2. The summed E-state index contributed by atoms with van der Waals surface area (Å²) in [6, 6.07) is 1.96. The third kappa shape index (κ3) is 2.03. The van der Waals surface area contributed by atoms with Crippen molar-refractivity contribution in [3.8, 4) is 0 Å². The highest BCUT2D eigenvalue weighted by Crippen LogP contribution is 2.19. The van der Waals surface area contributed by atoms with Crippen LogP contribution in [0, 0.1) is 6.92 Å². The van der Waals surface area contributed by atoms with E-state index in [1.807, 2.05) is 35.5 Å². The Morgan fingerprint density at radius 1 is 1.53 bits per heavy atom. The number of rotatable bonds is 1. The van der Waals surface area contributed by atoms with E-state index >= 15 is 0 Å². The van der Waals surface area contributed by atoms with E-state index in [4.69, 9.17) is 0 Å². The topological polar surface area (TPSA) is 62.5 Å². The summed E-state index contributed by atoms with van der Waals surface area (Å²) in [6.07, 6.45) is 2.67. The van der Waals surface area contributed by atoms with E-state index in [2.05, 4.69) is 15.4 Å². The fraction of sp³-hybridized carbons (Fsp3) is 0.462. The van der Waals surface area contributed by atoms with Crippen molar-refractivity contribution < 1.29 is 4.79 Å². The maximum absolute atomic E-state index is 11.8. The molecule has 100 valence electrons. The first-order valence-corrected chi connectivity index (χ1v) is 6.55. The number of carbonyl (C=O) groups excluding carboxylic acids is 1. The zero-order chi connectivity index (χ0) is 13.4. The van der Waals surface area contributed by atoms with Gasteiger partial charge in [-0.05, 0) is 13.8 Å². The summed E-state index contributed by atoms with van der Waals surface area (Å²) in [5, 5.41) is 7.30. The summed E-state index contributed by atoms with van der Waals surface area (Å²) in [5.41, 5.74) is 4.08. The van der Waals surface area contributed by atoms with Gasteiger partial charge in [0, 0.05) is 37.3 Å². The Kier molecular flexibility index (Phi) is 2.85.